The molecular formula is C13H30N2O2. The van der Waals surface area contributed by atoms with Gasteiger partial charge in [0.05, 0.1) is 13.2 Å². The van der Waals surface area contributed by atoms with Gasteiger partial charge < -0.3 is 14.8 Å². The van der Waals surface area contributed by atoms with Gasteiger partial charge in [-0.15, -0.1) is 0 Å². The van der Waals surface area contributed by atoms with Crippen LogP contribution in [0.15, 0.2) is 0 Å². The average molecular weight is 246 g/mol. The van der Waals surface area contributed by atoms with Crippen molar-refractivity contribution >= 4 is 0 Å². The van der Waals surface area contributed by atoms with Crippen molar-refractivity contribution in [3.63, 3.8) is 0 Å². The number of rotatable bonds is 13. The molecule has 0 saturated heterocycles. The Labute approximate surface area is 107 Å². The summed E-state index contributed by atoms with van der Waals surface area (Å²) in [5.41, 5.74) is 0. The largest absolute Gasteiger partial charge is 0.383 e. The lowest BCUT2D eigenvalue weighted by Crippen LogP contribution is -2.32. The maximum absolute atomic E-state index is 5.12. The molecule has 0 rings (SSSR count). The van der Waals surface area contributed by atoms with Gasteiger partial charge in [-0.3, -0.25) is 4.90 Å². The van der Waals surface area contributed by atoms with E-state index in [1.54, 1.807) is 14.2 Å². The summed E-state index contributed by atoms with van der Waals surface area (Å²) in [6.07, 6.45) is 3.70. The monoisotopic (exact) mass is 246 g/mol. The van der Waals surface area contributed by atoms with Crippen LogP contribution in [0.4, 0.5) is 0 Å². The lowest BCUT2D eigenvalue weighted by Gasteiger charge is -2.21. The minimum absolute atomic E-state index is 0.803. The topological polar surface area (TPSA) is 33.7 Å². The van der Waals surface area contributed by atoms with Crippen LogP contribution in [0.3, 0.4) is 0 Å². The zero-order valence-corrected chi connectivity index (χ0v) is 11.8. The number of hydrogen-bond donors (Lipinski definition) is 1. The fourth-order valence-electron chi connectivity index (χ4n) is 1.66. The van der Waals surface area contributed by atoms with Gasteiger partial charge in [-0.2, -0.15) is 0 Å². The Balaban J connectivity index is 3.45. The molecule has 0 atom stereocenters. The van der Waals surface area contributed by atoms with Crippen LogP contribution in [0.2, 0.25) is 0 Å². The molecule has 0 aromatic carbocycles. The van der Waals surface area contributed by atoms with Crippen LogP contribution in [0, 0.1) is 0 Å². The summed E-state index contributed by atoms with van der Waals surface area (Å²) in [6, 6.07) is 0. The fourth-order valence-corrected chi connectivity index (χ4v) is 1.66. The van der Waals surface area contributed by atoms with E-state index < -0.39 is 0 Å². The van der Waals surface area contributed by atoms with Gasteiger partial charge in [-0.1, -0.05) is 6.92 Å². The van der Waals surface area contributed by atoms with Gasteiger partial charge in [0.15, 0.2) is 0 Å². The van der Waals surface area contributed by atoms with Crippen LogP contribution in [-0.2, 0) is 9.47 Å². The predicted octanol–water partition coefficient (Wildman–Crippen LogP) is 1.36. The Bertz CT molecular complexity index is 137. The molecule has 0 heterocycles. The van der Waals surface area contributed by atoms with Crippen LogP contribution in [0.25, 0.3) is 0 Å². The quantitative estimate of drug-likeness (QED) is 0.498. The van der Waals surface area contributed by atoms with Crippen LogP contribution in [-0.4, -0.2) is 65.1 Å². The lowest BCUT2D eigenvalue weighted by molar-refractivity contribution is 0.113. The second-order valence-corrected chi connectivity index (χ2v) is 4.28. The van der Waals surface area contributed by atoms with Gasteiger partial charge in [-0.05, 0) is 38.9 Å². The number of ether oxygens (including phenoxy) is 2. The van der Waals surface area contributed by atoms with Crippen molar-refractivity contribution in [1.82, 2.24) is 10.2 Å². The highest BCUT2D eigenvalue weighted by molar-refractivity contribution is 4.58. The van der Waals surface area contributed by atoms with Gasteiger partial charge in [-0.25, -0.2) is 0 Å². The molecule has 0 aliphatic heterocycles. The van der Waals surface area contributed by atoms with Crippen molar-refractivity contribution in [2.75, 3.05) is 60.2 Å². The fraction of sp³-hybridized carbons (Fsp3) is 1.00. The van der Waals surface area contributed by atoms with E-state index in [1.165, 1.54) is 19.3 Å². The summed E-state index contributed by atoms with van der Waals surface area (Å²) < 4.78 is 10.2. The van der Waals surface area contributed by atoms with Crippen LogP contribution < -0.4 is 5.32 Å². The molecular weight excluding hydrogens is 216 g/mol. The van der Waals surface area contributed by atoms with E-state index in [-0.39, 0.29) is 0 Å². The van der Waals surface area contributed by atoms with Crippen molar-refractivity contribution in [1.29, 1.82) is 0 Å². The van der Waals surface area contributed by atoms with Crippen LogP contribution in [0.1, 0.15) is 26.2 Å². The normalized spacial score (nSPS) is 11.3. The van der Waals surface area contributed by atoms with Gasteiger partial charge in [0, 0.05) is 27.3 Å². The number of unbranched alkanes of at least 4 members (excludes halogenated alkanes) is 1. The summed E-state index contributed by atoms with van der Waals surface area (Å²) >= 11 is 0. The van der Waals surface area contributed by atoms with E-state index in [1.807, 2.05) is 0 Å². The summed E-state index contributed by atoms with van der Waals surface area (Å²) in [7, 11) is 3.51. The first-order valence-corrected chi connectivity index (χ1v) is 6.76. The molecule has 0 aromatic rings. The Morgan fingerprint density at radius 2 is 1.53 bits per heavy atom. The van der Waals surface area contributed by atoms with Crippen molar-refractivity contribution in [2.45, 2.75) is 26.2 Å². The third-order valence-corrected chi connectivity index (χ3v) is 2.73. The highest BCUT2D eigenvalue weighted by Gasteiger charge is 2.03. The van der Waals surface area contributed by atoms with Crippen LogP contribution in [0.5, 0.6) is 0 Å². The highest BCUT2D eigenvalue weighted by Crippen LogP contribution is 1.95. The van der Waals surface area contributed by atoms with Gasteiger partial charge in [0.2, 0.25) is 0 Å². The second kappa shape index (κ2) is 13.9. The van der Waals surface area contributed by atoms with E-state index in [9.17, 15) is 0 Å². The van der Waals surface area contributed by atoms with Gasteiger partial charge in [0.1, 0.15) is 0 Å². The molecule has 0 radical (unpaired) electrons. The van der Waals surface area contributed by atoms with Crippen molar-refractivity contribution in [3.8, 4) is 0 Å². The first-order chi connectivity index (χ1) is 8.35. The molecule has 4 nitrogen and oxygen atoms in total. The highest BCUT2D eigenvalue weighted by atomic mass is 16.5. The second-order valence-electron chi connectivity index (χ2n) is 4.28. The SMILES string of the molecule is CCCNCCCCN(CCOC)CCOC. The maximum atomic E-state index is 5.12. The molecule has 0 fully saturated rings. The standard InChI is InChI=1S/C13H30N2O2/c1-4-7-14-8-5-6-9-15(10-12-16-2)11-13-17-3/h14H,4-13H2,1-3H3. The molecule has 0 saturated carbocycles. The average Bonchev–Trinajstić information content (AvgIpc) is 2.35. The molecule has 0 amide bonds. The third kappa shape index (κ3) is 12.1. The number of nitrogens with one attached hydrogen (secondary N) is 1. The molecule has 0 aliphatic rings. The Morgan fingerprint density at radius 1 is 0.882 bits per heavy atom. The van der Waals surface area contributed by atoms with Crippen molar-refractivity contribution in [2.24, 2.45) is 0 Å². The van der Waals surface area contributed by atoms with Crippen LogP contribution >= 0.6 is 0 Å². The van der Waals surface area contributed by atoms with E-state index in [2.05, 4.69) is 17.1 Å². The van der Waals surface area contributed by atoms with Gasteiger partial charge in [0.25, 0.3) is 0 Å². The summed E-state index contributed by atoms with van der Waals surface area (Å²) in [5, 5.41) is 3.43. The Kier molecular flexibility index (Phi) is 13.8. The molecule has 0 bridgehead atoms. The molecule has 4 heteroatoms. The number of nitrogens with zero attached hydrogens (tertiary/aromatic N) is 1. The van der Waals surface area contributed by atoms with E-state index >= 15 is 0 Å². The first-order valence-electron chi connectivity index (χ1n) is 6.76. The van der Waals surface area contributed by atoms with E-state index in [0.717, 1.165) is 45.9 Å². The summed E-state index contributed by atoms with van der Waals surface area (Å²) in [4.78, 5) is 2.41. The van der Waals surface area contributed by atoms with E-state index in [0.29, 0.717) is 0 Å². The molecule has 1 N–H and O–H groups in total. The molecule has 17 heavy (non-hydrogen) atoms. The first kappa shape index (κ1) is 16.8. The third-order valence-electron chi connectivity index (χ3n) is 2.73. The van der Waals surface area contributed by atoms with Crippen molar-refractivity contribution < 1.29 is 9.47 Å². The minimum atomic E-state index is 0.803. The number of methoxy groups -OCH3 is 2. The zero-order valence-electron chi connectivity index (χ0n) is 11.8. The zero-order chi connectivity index (χ0) is 12.8. The molecule has 0 unspecified atom stereocenters. The molecule has 0 spiro atoms. The molecule has 0 aliphatic carbocycles. The number of hydrogen-bond acceptors (Lipinski definition) is 4. The Morgan fingerprint density at radius 3 is 2.06 bits per heavy atom. The molecule has 0 aromatic heterocycles. The summed E-state index contributed by atoms with van der Waals surface area (Å²) in [6.45, 7) is 9.22. The van der Waals surface area contributed by atoms with Gasteiger partial charge >= 0.3 is 0 Å². The lowest BCUT2D eigenvalue weighted by atomic mass is 10.3. The molecule has 104 valence electrons. The predicted molar refractivity (Wildman–Crippen MR) is 72.6 cm³/mol. The Hall–Kier alpha value is -0.160. The minimum Gasteiger partial charge on any atom is -0.383 e. The maximum Gasteiger partial charge on any atom is 0.0589 e. The van der Waals surface area contributed by atoms with Crippen molar-refractivity contribution in [3.05, 3.63) is 0 Å². The smallest absolute Gasteiger partial charge is 0.0589 e. The summed E-state index contributed by atoms with van der Waals surface area (Å²) in [5.74, 6) is 0. The van der Waals surface area contributed by atoms with E-state index in [4.69, 9.17) is 9.47 Å².